The van der Waals surface area contributed by atoms with Gasteiger partial charge in [0.25, 0.3) is 0 Å². The number of rotatable bonds is 4. The van der Waals surface area contributed by atoms with Crippen LogP contribution in [0.5, 0.6) is 0 Å². The van der Waals surface area contributed by atoms with Crippen LogP contribution in [-0.4, -0.2) is 35.6 Å². The fourth-order valence-corrected chi connectivity index (χ4v) is 5.15. The van der Waals surface area contributed by atoms with Crippen molar-refractivity contribution in [1.29, 1.82) is 0 Å². The van der Waals surface area contributed by atoms with Crippen LogP contribution in [0.3, 0.4) is 0 Å². The average molecular weight is 442 g/mol. The Kier molecular flexibility index (Phi) is 4.80. The molecule has 162 valence electrons. The molecule has 31 heavy (non-hydrogen) atoms. The summed E-state index contributed by atoms with van der Waals surface area (Å²) >= 11 is 0. The second-order valence-electron chi connectivity index (χ2n) is 8.68. The minimum atomic E-state index is -4.26. The smallest absolute Gasteiger partial charge is 0.399 e. The maximum absolute atomic E-state index is 13.5. The number of aromatic nitrogens is 1. The van der Waals surface area contributed by atoms with Crippen LogP contribution in [0.2, 0.25) is 0 Å². The van der Waals surface area contributed by atoms with Crippen molar-refractivity contribution in [2.24, 2.45) is 0 Å². The number of fused-ring (bicyclic) bond motifs is 1. The Morgan fingerprint density at radius 1 is 0.968 bits per heavy atom. The number of nitrogens with zero attached hydrogens (tertiary/aromatic N) is 2. The van der Waals surface area contributed by atoms with E-state index in [4.69, 9.17) is 9.31 Å². The number of hydrogen-bond acceptors (Lipinski definition) is 6. The molecule has 1 aromatic heterocycles. The monoisotopic (exact) mass is 442 g/mol. The second-order valence-corrected chi connectivity index (χ2v) is 10.5. The van der Waals surface area contributed by atoms with Crippen molar-refractivity contribution >= 4 is 39.3 Å². The Hall–Kier alpha value is -2.69. The van der Waals surface area contributed by atoms with E-state index in [0.717, 1.165) is 9.54 Å². The second kappa shape index (κ2) is 6.91. The van der Waals surface area contributed by atoms with Gasteiger partial charge < -0.3 is 19.4 Å². The fraction of sp³-hybridized carbons (Fsp3) is 0.333. The summed E-state index contributed by atoms with van der Waals surface area (Å²) in [5.74, 6) is -0.583. The predicted molar refractivity (Wildman–Crippen MR) is 118 cm³/mol. The highest BCUT2D eigenvalue weighted by molar-refractivity contribution is 7.90. The fourth-order valence-electron chi connectivity index (χ4n) is 3.65. The molecule has 0 saturated carbocycles. The molecule has 10 heteroatoms. The number of para-hydroxylation sites is 1. The zero-order valence-corrected chi connectivity index (χ0v) is 18.8. The first-order valence-corrected chi connectivity index (χ1v) is 11.3. The zero-order chi connectivity index (χ0) is 22.8. The molecule has 0 aliphatic carbocycles. The van der Waals surface area contributed by atoms with Crippen molar-refractivity contribution in [2.75, 3.05) is 0 Å². The lowest BCUT2D eigenvalue weighted by Gasteiger charge is -2.32. The maximum Gasteiger partial charge on any atom is 0.504 e. The molecule has 0 N–H and O–H groups in total. The van der Waals surface area contributed by atoms with Crippen molar-refractivity contribution in [3.63, 3.8) is 0 Å². The van der Waals surface area contributed by atoms with Gasteiger partial charge in [-0.2, -0.15) is 8.42 Å². The summed E-state index contributed by atoms with van der Waals surface area (Å²) in [6, 6.07) is 12.7. The van der Waals surface area contributed by atoms with E-state index in [2.05, 4.69) is 0 Å². The van der Waals surface area contributed by atoms with Crippen LogP contribution < -0.4 is 5.46 Å². The van der Waals surface area contributed by atoms with E-state index in [1.807, 2.05) is 34.6 Å². The van der Waals surface area contributed by atoms with Crippen molar-refractivity contribution in [3.05, 3.63) is 64.2 Å². The molecule has 2 aromatic carbocycles. The predicted octanol–water partition coefficient (Wildman–Crippen LogP) is 3.39. The van der Waals surface area contributed by atoms with Gasteiger partial charge >= 0.3 is 23.0 Å². The molecule has 0 radical (unpaired) electrons. The Balaban J connectivity index is 2.04. The van der Waals surface area contributed by atoms with Gasteiger partial charge in [-0.05, 0) is 57.7 Å². The van der Waals surface area contributed by atoms with E-state index in [0.29, 0.717) is 5.39 Å². The van der Waals surface area contributed by atoms with E-state index in [9.17, 15) is 18.5 Å². The van der Waals surface area contributed by atoms with Crippen LogP contribution in [0, 0.1) is 17.0 Å². The molecule has 1 fully saturated rings. The van der Waals surface area contributed by atoms with Gasteiger partial charge in [0, 0.05) is 5.39 Å². The summed E-state index contributed by atoms with van der Waals surface area (Å²) in [5, 5.41) is 12.6. The van der Waals surface area contributed by atoms with Gasteiger partial charge in [0.15, 0.2) is 5.52 Å². The first-order chi connectivity index (χ1) is 14.4. The zero-order valence-electron chi connectivity index (χ0n) is 17.9. The van der Waals surface area contributed by atoms with Crippen LogP contribution in [0.4, 0.5) is 5.82 Å². The molecule has 4 rings (SSSR count). The van der Waals surface area contributed by atoms with E-state index in [1.165, 1.54) is 12.1 Å². The van der Waals surface area contributed by atoms with Crippen LogP contribution in [0.15, 0.2) is 53.4 Å². The van der Waals surface area contributed by atoms with E-state index in [-0.39, 0.29) is 15.9 Å². The summed E-state index contributed by atoms with van der Waals surface area (Å²) in [6.07, 6.45) is 0. The quantitative estimate of drug-likeness (QED) is 0.349. The molecule has 0 unspecified atom stereocenters. The lowest BCUT2D eigenvalue weighted by molar-refractivity contribution is -0.388. The number of aryl methyl sites for hydroxylation is 1. The van der Waals surface area contributed by atoms with E-state index < -0.39 is 39.1 Å². The molecule has 2 heterocycles. The molecule has 3 aromatic rings. The standard InChI is InChI=1S/C21H23BN2O6S/c1-14-10-12-15(13-11-14)31(27,28)23-17-9-7-6-8-16(17)18(19(23)24(25)26)22-29-20(2,3)21(4,5)30-22/h6-13H,1-5H3. The highest BCUT2D eigenvalue weighted by Crippen LogP contribution is 2.39. The van der Waals surface area contributed by atoms with Crippen molar-refractivity contribution in [3.8, 4) is 0 Å². The minimum absolute atomic E-state index is 0.0394. The molecule has 8 nitrogen and oxygen atoms in total. The summed E-state index contributed by atoms with van der Waals surface area (Å²) in [5.41, 5.74) is -0.326. The molecule has 0 amide bonds. The molecule has 0 bridgehead atoms. The third-order valence-electron chi connectivity index (χ3n) is 6.07. The normalized spacial score (nSPS) is 17.9. The molecule has 0 atom stereocenters. The first-order valence-electron chi connectivity index (χ1n) is 9.82. The lowest BCUT2D eigenvalue weighted by Crippen LogP contribution is -2.41. The van der Waals surface area contributed by atoms with E-state index in [1.54, 1.807) is 36.4 Å². The molecule has 1 saturated heterocycles. The van der Waals surface area contributed by atoms with Gasteiger partial charge in [0.1, 0.15) is 4.90 Å². The topological polar surface area (TPSA) is 101 Å². The molecule has 0 spiro atoms. The van der Waals surface area contributed by atoms with Crippen LogP contribution in [0.1, 0.15) is 33.3 Å². The maximum atomic E-state index is 13.5. The molecular weight excluding hydrogens is 419 g/mol. The summed E-state index contributed by atoms with van der Waals surface area (Å²) in [4.78, 5) is 11.5. The minimum Gasteiger partial charge on any atom is -0.399 e. The molecule has 1 aliphatic heterocycles. The average Bonchev–Trinajstić information content (AvgIpc) is 3.13. The van der Waals surface area contributed by atoms with Gasteiger partial charge in [-0.25, -0.2) is 0 Å². The summed E-state index contributed by atoms with van der Waals surface area (Å²) < 4.78 is 40.0. The summed E-state index contributed by atoms with van der Waals surface area (Å²) in [6.45, 7) is 9.17. The van der Waals surface area contributed by atoms with Gasteiger partial charge in [-0.1, -0.05) is 35.9 Å². The molecule has 1 aliphatic rings. The molecular formula is C21H23BN2O6S. The third-order valence-corrected chi connectivity index (χ3v) is 7.79. The SMILES string of the molecule is Cc1ccc(S(=O)(=O)n2c([N+](=O)[O-])c(B3OC(C)(C)C(C)(C)O3)c3ccccc32)cc1. The van der Waals surface area contributed by atoms with Crippen molar-refractivity contribution in [2.45, 2.75) is 50.7 Å². The van der Waals surface area contributed by atoms with Crippen LogP contribution >= 0.6 is 0 Å². The van der Waals surface area contributed by atoms with Crippen LogP contribution in [0.25, 0.3) is 10.9 Å². The van der Waals surface area contributed by atoms with E-state index >= 15 is 0 Å². The highest BCUT2D eigenvalue weighted by Gasteiger charge is 2.55. The lowest BCUT2D eigenvalue weighted by atomic mass is 9.78. The van der Waals surface area contributed by atoms with Gasteiger partial charge in [0.05, 0.1) is 16.7 Å². The van der Waals surface area contributed by atoms with Gasteiger partial charge in [-0.3, -0.25) is 0 Å². The first kappa shape index (κ1) is 21.5. The number of hydrogen-bond donors (Lipinski definition) is 0. The highest BCUT2D eigenvalue weighted by atomic mass is 32.2. The number of nitro groups is 1. The third kappa shape index (κ3) is 3.26. The number of benzene rings is 2. The summed E-state index contributed by atoms with van der Waals surface area (Å²) in [7, 11) is -5.35. The largest absolute Gasteiger partial charge is 0.504 e. The Bertz CT molecular complexity index is 1280. The van der Waals surface area contributed by atoms with Crippen molar-refractivity contribution in [1.82, 2.24) is 3.97 Å². The van der Waals surface area contributed by atoms with Gasteiger partial charge in [0.2, 0.25) is 0 Å². The van der Waals surface area contributed by atoms with Crippen LogP contribution in [-0.2, 0) is 19.3 Å². The van der Waals surface area contributed by atoms with Gasteiger partial charge in [-0.15, -0.1) is 3.97 Å². The Morgan fingerprint density at radius 2 is 1.52 bits per heavy atom. The van der Waals surface area contributed by atoms with Crippen molar-refractivity contribution < 1.29 is 22.6 Å². The Labute approximate surface area is 181 Å². The Morgan fingerprint density at radius 3 is 2.06 bits per heavy atom.